The van der Waals surface area contributed by atoms with Gasteiger partial charge in [-0.15, -0.1) is 0 Å². The largest absolute Gasteiger partial charge is 0.486 e. The van der Waals surface area contributed by atoms with Crippen LogP contribution in [0.5, 0.6) is 11.5 Å². The first-order valence-electron chi connectivity index (χ1n) is 6.51. The maximum absolute atomic E-state index is 11.0. The van der Waals surface area contributed by atoms with Crippen molar-refractivity contribution in [3.63, 3.8) is 0 Å². The molecule has 1 unspecified atom stereocenters. The van der Waals surface area contributed by atoms with E-state index < -0.39 is 12.0 Å². The number of fused-ring (bicyclic) bond motifs is 1. The van der Waals surface area contributed by atoms with Gasteiger partial charge in [-0.05, 0) is 45.5 Å². The summed E-state index contributed by atoms with van der Waals surface area (Å²) in [6, 6.07) is 0.916. The Morgan fingerprint density at radius 2 is 2.10 bits per heavy atom. The van der Waals surface area contributed by atoms with Gasteiger partial charge in [0.25, 0.3) is 0 Å². The van der Waals surface area contributed by atoms with Crippen LogP contribution in [0.2, 0.25) is 0 Å². The third kappa shape index (κ3) is 2.91. The molecule has 1 heterocycles. The van der Waals surface area contributed by atoms with Gasteiger partial charge in [0.05, 0.1) is 4.47 Å². The Bertz CT molecular complexity index is 530. The topological polar surface area (TPSA) is 81.8 Å². The molecule has 0 saturated carbocycles. The molecule has 0 bridgehead atoms. The van der Waals surface area contributed by atoms with Crippen molar-refractivity contribution in [2.45, 2.75) is 32.2 Å². The van der Waals surface area contributed by atoms with Crippen LogP contribution < -0.4 is 15.2 Å². The van der Waals surface area contributed by atoms with E-state index in [0.29, 0.717) is 24.7 Å². The lowest BCUT2D eigenvalue weighted by Gasteiger charge is -2.25. The number of benzene rings is 1. The first-order valence-corrected chi connectivity index (χ1v) is 7.30. The zero-order chi connectivity index (χ0) is 14.9. The minimum Gasteiger partial charge on any atom is -0.486 e. The first kappa shape index (κ1) is 15.1. The fraction of sp³-hybridized carbons (Fsp3) is 0.500. The van der Waals surface area contributed by atoms with Crippen LogP contribution in [0.25, 0.3) is 0 Å². The summed E-state index contributed by atoms with van der Waals surface area (Å²) >= 11 is 3.55. The van der Waals surface area contributed by atoms with Gasteiger partial charge in [0.1, 0.15) is 19.3 Å². The lowest BCUT2D eigenvalue weighted by molar-refractivity contribution is -0.138. The first-order chi connectivity index (χ1) is 9.41. The molecule has 0 saturated heterocycles. The molecule has 0 amide bonds. The zero-order valence-corrected chi connectivity index (χ0v) is 13.1. The van der Waals surface area contributed by atoms with E-state index in [2.05, 4.69) is 15.9 Å². The van der Waals surface area contributed by atoms with Crippen LogP contribution in [0.3, 0.4) is 0 Å². The van der Waals surface area contributed by atoms with Crippen molar-refractivity contribution >= 4 is 21.9 Å². The maximum Gasteiger partial charge on any atom is 0.320 e. The van der Waals surface area contributed by atoms with Crippen LogP contribution in [0.15, 0.2) is 10.5 Å². The highest BCUT2D eigenvalue weighted by Gasteiger charge is 2.25. The summed E-state index contributed by atoms with van der Waals surface area (Å²) in [5, 5.41) is 8.99. The zero-order valence-electron chi connectivity index (χ0n) is 11.5. The van der Waals surface area contributed by atoms with Gasteiger partial charge in [0.15, 0.2) is 11.5 Å². The Hall–Kier alpha value is -1.27. The van der Waals surface area contributed by atoms with E-state index in [1.807, 2.05) is 19.9 Å². The second-order valence-electron chi connectivity index (χ2n) is 5.09. The minimum atomic E-state index is -1.01. The monoisotopic (exact) mass is 343 g/mol. The molecule has 5 nitrogen and oxygen atoms in total. The standard InChI is InChI=1S/C14H18BrNO4/c1-7(2)11-8(5-9(16)14(17)18)6-10-13(12(11)15)20-4-3-19-10/h6-7,9H,3-5,16H2,1-2H3,(H,17,18). The molecule has 1 aliphatic heterocycles. The van der Waals surface area contributed by atoms with Crippen molar-refractivity contribution < 1.29 is 19.4 Å². The molecular formula is C14H18BrNO4. The highest BCUT2D eigenvalue weighted by Crippen LogP contribution is 2.44. The summed E-state index contributed by atoms with van der Waals surface area (Å²) in [5.41, 5.74) is 7.56. The molecule has 0 aliphatic carbocycles. The predicted octanol–water partition coefficient (Wildman–Crippen LogP) is 2.30. The molecule has 1 aliphatic rings. The van der Waals surface area contributed by atoms with Gasteiger partial charge >= 0.3 is 5.97 Å². The summed E-state index contributed by atoms with van der Waals surface area (Å²) in [6.07, 6.45) is 0.262. The molecule has 0 radical (unpaired) electrons. The molecule has 0 fully saturated rings. The van der Waals surface area contributed by atoms with Gasteiger partial charge in [-0.2, -0.15) is 0 Å². The number of nitrogens with two attached hydrogens (primary N) is 1. The second-order valence-corrected chi connectivity index (χ2v) is 5.88. The number of carboxylic acids is 1. The van der Waals surface area contributed by atoms with Gasteiger partial charge in [0.2, 0.25) is 0 Å². The molecule has 3 N–H and O–H groups in total. The van der Waals surface area contributed by atoms with Crippen molar-refractivity contribution in [2.75, 3.05) is 13.2 Å². The molecule has 0 spiro atoms. The van der Waals surface area contributed by atoms with E-state index in [1.54, 1.807) is 0 Å². The highest BCUT2D eigenvalue weighted by molar-refractivity contribution is 9.10. The second kappa shape index (κ2) is 6.01. The molecule has 6 heteroatoms. The van der Waals surface area contributed by atoms with Gasteiger partial charge < -0.3 is 20.3 Å². The molecular weight excluding hydrogens is 326 g/mol. The summed E-state index contributed by atoms with van der Waals surface area (Å²) in [7, 11) is 0. The SMILES string of the molecule is CC(C)c1c(CC(N)C(=O)O)cc2c(c1Br)OCCO2. The van der Waals surface area contributed by atoms with Crippen molar-refractivity contribution in [1.82, 2.24) is 0 Å². The van der Waals surface area contributed by atoms with Gasteiger partial charge in [0, 0.05) is 0 Å². The number of halogens is 1. The highest BCUT2D eigenvalue weighted by atomic mass is 79.9. The summed E-state index contributed by atoms with van der Waals surface area (Å²) in [6.45, 7) is 5.10. The Balaban J connectivity index is 2.48. The van der Waals surface area contributed by atoms with Crippen molar-refractivity contribution in [3.05, 3.63) is 21.7 Å². The summed E-state index contributed by atoms with van der Waals surface area (Å²) < 4.78 is 12.0. The van der Waals surface area contributed by atoms with Crippen LogP contribution in [0.1, 0.15) is 30.9 Å². The van der Waals surface area contributed by atoms with Crippen molar-refractivity contribution in [2.24, 2.45) is 5.73 Å². The molecule has 0 aromatic heterocycles. The average Bonchev–Trinajstić information content (AvgIpc) is 2.38. The Labute approximate surface area is 126 Å². The van der Waals surface area contributed by atoms with E-state index in [9.17, 15) is 4.79 Å². The van der Waals surface area contributed by atoms with E-state index in [1.165, 1.54) is 0 Å². The number of rotatable bonds is 4. The number of carbonyl (C=O) groups is 1. The molecule has 1 aromatic rings. The number of aliphatic carboxylic acids is 1. The normalized spacial score (nSPS) is 15.2. The molecule has 1 atom stereocenters. The quantitative estimate of drug-likeness (QED) is 0.876. The average molecular weight is 344 g/mol. The third-order valence-corrected chi connectivity index (χ3v) is 4.02. The van der Waals surface area contributed by atoms with Crippen LogP contribution in [-0.4, -0.2) is 30.3 Å². The van der Waals surface area contributed by atoms with E-state index >= 15 is 0 Å². The van der Waals surface area contributed by atoms with Crippen LogP contribution >= 0.6 is 15.9 Å². The van der Waals surface area contributed by atoms with Crippen molar-refractivity contribution in [1.29, 1.82) is 0 Å². The predicted molar refractivity (Wildman–Crippen MR) is 78.5 cm³/mol. The molecule has 2 rings (SSSR count). The van der Waals surface area contributed by atoms with Gasteiger partial charge in [-0.3, -0.25) is 4.79 Å². The molecule has 1 aromatic carbocycles. The fourth-order valence-corrected chi connectivity index (χ4v) is 3.35. The molecule has 20 heavy (non-hydrogen) atoms. The maximum atomic E-state index is 11.0. The van der Waals surface area contributed by atoms with E-state index in [0.717, 1.165) is 15.6 Å². The number of hydrogen-bond acceptors (Lipinski definition) is 4. The lowest BCUT2D eigenvalue weighted by atomic mass is 9.92. The van der Waals surface area contributed by atoms with Crippen LogP contribution in [0.4, 0.5) is 0 Å². The van der Waals surface area contributed by atoms with Crippen LogP contribution in [0, 0.1) is 0 Å². The van der Waals surface area contributed by atoms with Gasteiger partial charge in [-0.25, -0.2) is 0 Å². The minimum absolute atomic E-state index is 0.219. The smallest absolute Gasteiger partial charge is 0.320 e. The Morgan fingerprint density at radius 3 is 2.70 bits per heavy atom. The van der Waals surface area contributed by atoms with E-state index in [4.69, 9.17) is 20.3 Å². The number of carboxylic acid groups (broad SMARTS) is 1. The van der Waals surface area contributed by atoms with E-state index in [-0.39, 0.29) is 12.3 Å². The summed E-state index contributed by atoms with van der Waals surface area (Å²) in [4.78, 5) is 11.0. The van der Waals surface area contributed by atoms with Gasteiger partial charge in [-0.1, -0.05) is 13.8 Å². The lowest BCUT2D eigenvalue weighted by Crippen LogP contribution is -2.32. The van der Waals surface area contributed by atoms with Crippen LogP contribution in [-0.2, 0) is 11.2 Å². The van der Waals surface area contributed by atoms with Crippen molar-refractivity contribution in [3.8, 4) is 11.5 Å². The summed E-state index contributed by atoms with van der Waals surface area (Å²) in [5.74, 6) is 0.537. The fourth-order valence-electron chi connectivity index (χ4n) is 2.33. The third-order valence-electron chi connectivity index (χ3n) is 3.23. The Morgan fingerprint density at radius 1 is 1.45 bits per heavy atom. The number of hydrogen-bond donors (Lipinski definition) is 2. The number of ether oxygens (including phenoxy) is 2. The Kier molecular flexibility index (Phi) is 4.55. The molecule has 110 valence electrons.